The monoisotopic (exact) mass is 1080 g/mol. The number of hydrogen-bond donors (Lipinski definition) is 0. The van der Waals surface area contributed by atoms with Crippen LogP contribution in [0.25, 0.3) is 0 Å². The molecule has 0 aromatic rings. The third-order valence-corrected chi connectivity index (χ3v) is 15.6. The minimum Gasteiger partial charge on any atom is -0.462 e. The molecule has 0 aromatic heterocycles. The predicted octanol–water partition coefficient (Wildman–Crippen LogP) is 23.6. The van der Waals surface area contributed by atoms with Crippen molar-refractivity contribution in [2.24, 2.45) is 0 Å². The van der Waals surface area contributed by atoms with Gasteiger partial charge in [-0.3, -0.25) is 14.4 Å². The lowest BCUT2D eigenvalue weighted by atomic mass is 10.0. The predicted molar refractivity (Wildman–Crippen MR) is 335 cm³/mol. The van der Waals surface area contributed by atoms with Crippen molar-refractivity contribution in [3.8, 4) is 0 Å². The molecule has 77 heavy (non-hydrogen) atoms. The SMILES string of the molecule is CCC/C=C\CCCCCCCC(=O)OCC(COC(=O)CCCCCCCCCCCCCCCCCCCCCCC/C=C\C/C=C\CCCCCCC)OC(=O)CCCCCCCCCCCCCCCCCC. The zero-order valence-corrected chi connectivity index (χ0v) is 52.0. The zero-order chi connectivity index (χ0) is 55.7. The van der Waals surface area contributed by atoms with Crippen LogP contribution in [0.5, 0.6) is 0 Å². The highest BCUT2D eigenvalue weighted by molar-refractivity contribution is 5.71. The van der Waals surface area contributed by atoms with Gasteiger partial charge < -0.3 is 14.2 Å². The van der Waals surface area contributed by atoms with Gasteiger partial charge in [0.05, 0.1) is 0 Å². The number of carbonyl (C=O) groups is 3. The molecule has 0 spiro atoms. The van der Waals surface area contributed by atoms with Gasteiger partial charge in [0.2, 0.25) is 0 Å². The molecular formula is C71H132O6. The molecule has 0 aromatic carbocycles. The summed E-state index contributed by atoms with van der Waals surface area (Å²) in [6, 6.07) is 0. The quantitative estimate of drug-likeness (QED) is 0.0261. The first-order chi connectivity index (χ1) is 38.0. The number of allylic oxidation sites excluding steroid dienone is 6. The summed E-state index contributed by atoms with van der Waals surface area (Å²) in [5.74, 6) is -0.854. The molecule has 0 aliphatic carbocycles. The van der Waals surface area contributed by atoms with Crippen molar-refractivity contribution in [2.45, 2.75) is 386 Å². The Balaban J connectivity index is 4.03. The van der Waals surface area contributed by atoms with E-state index in [-0.39, 0.29) is 31.1 Å². The van der Waals surface area contributed by atoms with Crippen LogP contribution >= 0.6 is 0 Å². The molecule has 1 unspecified atom stereocenters. The number of unbranched alkanes of at least 4 members (excludes halogenated alkanes) is 47. The van der Waals surface area contributed by atoms with Crippen LogP contribution < -0.4 is 0 Å². The molecule has 0 saturated heterocycles. The fraction of sp³-hybridized carbons (Fsp3) is 0.873. The van der Waals surface area contributed by atoms with Gasteiger partial charge in [0.25, 0.3) is 0 Å². The van der Waals surface area contributed by atoms with Crippen molar-refractivity contribution >= 4 is 17.9 Å². The number of hydrogen-bond acceptors (Lipinski definition) is 6. The third-order valence-electron chi connectivity index (χ3n) is 15.6. The zero-order valence-electron chi connectivity index (χ0n) is 52.0. The Morgan fingerprint density at radius 1 is 0.260 bits per heavy atom. The Kier molecular flexibility index (Phi) is 64.1. The van der Waals surface area contributed by atoms with Gasteiger partial charge >= 0.3 is 17.9 Å². The van der Waals surface area contributed by atoms with E-state index in [9.17, 15) is 14.4 Å². The summed E-state index contributed by atoms with van der Waals surface area (Å²) in [4.78, 5) is 38.2. The van der Waals surface area contributed by atoms with E-state index >= 15 is 0 Å². The average molecular weight is 1080 g/mol. The Labute approximate surface area is 480 Å². The lowest BCUT2D eigenvalue weighted by Crippen LogP contribution is -2.30. The molecule has 0 amide bonds. The molecule has 0 saturated carbocycles. The van der Waals surface area contributed by atoms with Gasteiger partial charge in [-0.25, -0.2) is 0 Å². The van der Waals surface area contributed by atoms with Crippen molar-refractivity contribution in [1.29, 1.82) is 0 Å². The summed E-state index contributed by atoms with van der Waals surface area (Å²) in [5, 5.41) is 0. The van der Waals surface area contributed by atoms with E-state index in [2.05, 4.69) is 57.2 Å². The van der Waals surface area contributed by atoms with Crippen LogP contribution in [0.2, 0.25) is 0 Å². The van der Waals surface area contributed by atoms with E-state index in [1.807, 2.05) is 0 Å². The summed E-state index contributed by atoms with van der Waals surface area (Å²) >= 11 is 0. The van der Waals surface area contributed by atoms with Crippen LogP contribution in [0.1, 0.15) is 380 Å². The lowest BCUT2D eigenvalue weighted by molar-refractivity contribution is -0.167. The first kappa shape index (κ1) is 74.6. The van der Waals surface area contributed by atoms with Gasteiger partial charge in [-0.15, -0.1) is 0 Å². The summed E-state index contributed by atoms with van der Waals surface area (Å²) in [6.07, 6.45) is 81.9. The minimum atomic E-state index is -0.770. The first-order valence-electron chi connectivity index (χ1n) is 34.5. The van der Waals surface area contributed by atoms with Gasteiger partial charge in [0, 0.05) is 19.3 Å². The molecule has 0 bridgehead atoms. The Bertz CT molecular complexity index is 1290. The highest BCUT2D eigenvalue weighted by Crippen LogP contribution is 2.18. The van der Waals surface area contributed by atoms with Gasteiger partial charge in [0.15, 0.2) is 6.10 Å². The van der Waals surface area contributed by atoms with E-state index in [1.54, 1.807) is 0 Å². The van der Waals surface area contributed by atoms with Crippen molar-refractivity contribution in [1.82, 2.24) is 0 Å². The second kappa shape index (κ2) is 66.1. The second-order valence-electron chi connectivity index (χ2n) is 23.4. The maximum atomic E-state index is 12.9. The molecule has 452 valence electrons. The molecule has 0 radical (unpaired) electrons. The average Bonchev–Trinajstić information content (AvgIpc) is 3.43. The summed E-state index contributed by atoms with van der Waals surface area (Å²) < 4.78 is 16.9. The Morgan fingerprint density at radius 3 is 0.779 bits per heavy atom. The summed E-state index contributed by atoms with van der Waals surface area (Å²) in [7, 11) is 0. The number of rotatable bonds is 64. The molecule has 0 aliphatic rings. The van der Waals surface area contributed by atoms with E-state index in [1.165, 1.54) is 263 Å². The van der Waals surface area contributed by atoms with Crippen LogP contribution in [0, 0.1) is 0 Å². The van der Waals surface area contributed by atoms with Crippen molar-refractivity contribution in [2.75, 3.05) is 13.2 Å². The lowest BCUT2D eigenvalue weighted by Gasteiger charge is -2.18. The maximum absolute atomic E-state index is 12.9. The molecular weight excluding hydrogens is 949 g/mol. The van der Waals surface area contributed by atoms with Crippen LogP contribution in [0.15, 0.2) is 36.5 Å². The Hall–Kier alpha value is -2.37. The van der Waals surface area contributed by atoms with E-state index in [4.69, 9.17) is 14.2 Å². The maximum Gasteiger partial charge on any atom is 0.306 e. The van der Waals surface area contributed by atoms with Gasteiger partial charge in [-0.1, -0.05) is 327 Å². The summed E-state index contributed by atoms with van der Waals surface area (Å²) in [5.41, 5.74) is 0. The van der Waals surface area contributed by atoms with Crippen molar-refractivity contribution in [3.63, 3.8) is 0 Å². The van der Waals surface area contributed by atoms with Crippen LogP contribution in [-0.2, 0) is 28.6 Å². The minimum absolute atomic E-state index is 0.0687. The van der Waals surface area contributed by atoms with Crippen LogP contribution in [-0.4, -0.2) is 37.2 Å². The van der Waals surface area contributed by atoms with Gasteiger partial charge in [-0.05, 0) is 70.6 Å². The third kappa shape index (κ3) is 64.3. The molecule has 0 fully saturated rings. The number of esters is 3. The van der Waals surface area contributed by atoms with Crippen molar-refractivity contribution < 1.29 is 28.6 Å². The highest BCUT2D eigenvalue weighted by Gasteiger charge is 2.19. The fourth-order valence-electron chi connectivity index (χ4n) is 10.4. The molecule has 1 atom stereocenters. The first-order valence-corrected chi connectivity index (χ1v) is 34.5. The van der Waals surface area contributed by atoms with E-state index < -0.39 is 6.10 Å². The molecule has 0 rings (SSSR count). The molecule has 6 heteroatoms. The Morgan fingerprint density at radius 2 is 0.494 bits per heavy atom. The normalized spacial score (nSPS) is 12.2. The molecule has 0 N–H and O–H groups in total. The van der Waals surface area contributed by atoms with E-state index in [0.717, 1.165) is 77.0 Å². The van der Waals surface area contributed by atoms with Crippen LogP contribution in [0.3, 0.4) is 0 Å². The van der Waals surface area contributed by atoms with Crippen molar-refractivity contribution in [3.05, 3.63) is 36.5 Å². The smallest absolute Gasteiger partial charge is 0.306 e. The largest absolute Gasteiger partial charge is 0.462 e. The summed E-state index contributed by atoms with van der Waals surface area (Å²) in [6.45, 7) is 6.62. The second-order valence-corrected chi connectivity index (χ2v) is 23.4. The molecule has 6 nitrogen and oxygen atoms in total. The fourth-order valence-corrected chi connectivity index (χ4v) is 10.4. The van der Waals surface area contributed by atoms with Gasteiger partial charge in [0.1, 0.15) is 13.2 Å². The number of ether oxygens (including phenoxy) is 3. The molecule has 0 aliphatic heterocycles. The standard InChI is InChI=1S/C71H132O6/c1-4-7-10-13-16-19-22-24-26-28-29-30-31-32-33-34-35-36-37-38-39-40-41-42-43-44-46-47-49-52-55-58-61-64-70(73)76-67-68(66-75-69(72)63-60-57-54-51-21-18-15-12-9-6-3)77-71(74)65-62-59-56-53-50-48-45-27-25-23-20-17-14-11-8-5-2/h12,15,22,24,28-29,68H,4-11,13-14,16-21,23,25-27,30-67H2,1-3H3/b15-12-,24-22-,29-28-. The number of carbonyl (C=O) groups excluding carboxylic acids is 3. The van der Waals surface area contributed by atoms with Gasteiger partial charge in [-0.2, -0.15) is 0 Å². The topological polar surface area (TPSA) is 78.9 Å². The highest BCUT2D eigenvalue weighted by atomic mass is 16.6. The van der Waals surface area contributed by atoms with E-state index in [0.29, 0.717) is 19.3 Å². The van der Waals surface area contributed by atoms with Crippen LogP contribution in [0.4, 0.5) is 0 Å². The molecule has 0 heterocycles.